The molecule has 0 aliphatic carbocycles. The maximum Gasteiger partial charge on any atom is 0.158 e. The molecule has 0 spiro atoms. The minimum absolute atomic E-state index is 0.255. The number of anilines is 2. The van der Waals surface area contributed by atoms with Crippen LogP contribution in [0.4, 0.5) is 16.0 Å². The molecule has 1 aromatic carbocycles. The Hall–Kier alpha value is -3.35. The number of ether oxygens (including phenoxy) is 1. The predicted octanol–water partition coefficient (Wildman–Crippen LogP) is 2.70. The van der Waals surface area contributed by atoms with Gasteiger partial charge in [-0.1, -0.05) is 0 Å². The first-order valence-electron chi connectivity index (χ1n) is 10.2. The summed E-state index contributed by atoms with van der Waals surface area (Å²) in [5, 5.41) is 22.7. The highest BCUT2D eigenvalue weighted by atomic mass is 19.1. The number of nitriles is 1. The van der Waals surface area contributed by atoms with E-state index in [0.717, 1.165) is 35.2 Å². The van der Waals surface area contributed by atoms with Gasteiger partial charge in [-0.15, -0.1) is 5.10 Å². The summed E-state index contributed by atoms with van der Waals surface area (Å²) < 4.78 is 19.7. The molecule has 158 valence electrons. The second-order valence-corrected chi connectivity index (χ2v) is 8.12. The van der Waals surface area contributed by atoms with Crippen LogP contribution in [0, 0.1) is 31.0 Å². The molecule has 4 heterocycles. The summed E-state index contributed by atoms with van der Waals surface area (Å²) in [5.41, 5.74) is 8.50. The number of morpholine rings is 1. The van der Waals surface area contributed by atoms with Gasteiger partial charge in [0, 0.05) is 23.5 Å². The van der Waals surface area contributed by atoms with Crippen LogP contribution in [-0.2, 0) is 4.74 Å². The van der Waals surface area contributed by atoms with Gasteiger partial charge in [0.15, 0.2) is 5.82 Å². The van der Waals surface area contributed by atoms with Gasteiger partial charge in [0.1, 0.15) is 17.8 Å². The third kappa shape index (κ3) is 3.34. The van der Waals surface area contributed by atoms with E-state index in [2.05, 4.69) is 25.4 Å². The second-order valence-electron chi connectivity index (χ2n) is 8.12. The van der Waals surface area contributed by atoms with Gasteiger partial charge in [0.05, 0.1) is 36.1 Å². The van der Waals surface area contributed by atoms with Gasteiger partial charge in [0.25, 0.3) is 0 Å². The van der Waals surface area contributed by atoms with Crippen LogP contribution in [0.25, 0.3) is 10.8 Å². The topological polar surface area (TPSA) is 113 Å². The van der Waals surface area contributed by atoms with Crippen LogP contribution in [0.1, 0.15) is 35.0 Å². The van der Waals surface area contributed by atoms with Gasteiger partial charge < -0.3 is 20.7 Å². The molecule has 31 heavy (non-hydrogen) atoms. The normalized spacial score (nSPS) is 20.8. The first kappa shape index (κ1) is 19.6. The Morgan fingerprint density at radius 2 is 2.13 bits per heavy atom. The van der Waals surface area contributed by atoms with Crippen molar-refractivity contribution in [3.05, 3.63) is 52.6 Å². The van der Waals surface area contributed by atoms with Gasteiger partial charge in [-0.2, -0.15) is 10.4 Å². The van der Waals surface area contributed by atoms with Crippen molar-refractivity contribution in [1.82, 2.24) is 15.2 Å². The Morgan fingerprint density at radius 1 is 1.29 bits per heavy atom. The third-order valence-electron chi connectivity index (χ3n) is 6.19. The highest BCUT2D eigenvalue weighted by Gasteiger charge is 2.39. The lowest BCUT2D eigenvalue weighted by molar-refractivity contribution is 0.0989. The molecule has 0 unspecified atom stereocenters. The number of halogens is 1. The number of nitrogens with two attached hydrogens (primary N) is 1. The third-order valence-corrected chi connectivity index (χ3v) is 6.19. The van der Waals surface area contributed by atoms with Crippen LogP contribution in [0.2, 0.25) is 0 Å². The number of benzene rings is 1. The molecule has 2 aliphatic heterocycles. The van der Waals surface area contributed by atoms with E-state index < -0.39 is 12.0 Å². The van der Waals surface area contributed by atoms with Crippen molar-refractivity contribution in [2.45, 2.75) is 38.6 Å². The molecule has 5 rings (SSSR count). The molecule has 0 saturated carbocycles. The summed E-state index contributed by atoms with van der Waals surface area (Å²) in [7, 11) is 0. The predicted molar refractivity (Wildman–Crippen MR) is 114 cm³/mol. The van der Waals surface area contributed by atoms with Gasteiger partial charge >= 0.3 is 0 Å². The summed E-state index contributed by atoms with van der Waals surface area (Å²) in [6.07, 6.45) is 2.31. The van der Waals surface area contributed by atoms with Crippen molar-refractivity contribution in [3.8, 4) is 6.07 Å². The van der Waals surface area contributed by atoms with Crippen LogP contribution in [0.3, 0.4) is 0 Å². The molecule has 3 aromatic rings. The highest BCUT2D eigenvalue weighted by Crippen LogP contribution is 2.34. The molecule has 2 bridgehead atoms. The number of hydrogen-bond acceptors (Lipinski definition) is 8. The smallest absolute Gasteiger partial charge is 0.158 e. The molecule has 3 atom stereocenters. The lowest BCUT2D eigenvalue weighted by Gasteiger charge is -2.28. The number of aryl methyl sites for hydroxylation is 1. The zero-order valence-electron chi connectivity index (χ0n) is 17.3. The highest BCUT2D eigenvalue weighted by molar-refractivity contribution is 5.94. The molecule has 2 saturated heterocycles. The maximum absolute atomic E-state index is 14.0. The molecular formula is C22H22FN7O. The maximum atomic E-state index is 14.0. The van der Waals surface area contributed by atoms with Gasteiger partial charge in [-0.3, -0.25) is 0 Å². The number of pyridine rings is 1. The molecule has 0 amide bonds. The molecule has 8 nitrogen and oxygen atoms in total. The number of nitrogens with one attached hydrogen (secondary N) is 1. The standard InChI is InChI=1S/C22H22FN7O/c1-11-13(7-24)3-14(23)4-17(11)21(25)27-22-18-6-20(26-8-19(18)12(2)28-29-22)30-9-16-5-15(30)10-31-16/h3-4,6,8,15-16,21H,5,9-10,25H2,1-2H3,(H,27,29)/t15-,16-,21+/m1/s1. The van der Waals surface area contributed by atoms with Crippen molar-refractivity contribution in [2.24, 2.45) is 5.73 Å². The first-order chi connectivity index (χ1) is 14.9. The Kier molecular flexibility index (Phi) is 4.68. The molecular weight excluding hydrogens is 397 g/mol. The van der Waals surface area contributed by atoms with E-state index in [9.17, 15) is 9.65 Å². The lowest BCUT2D eigenvalue weighted by Crippen LogP contribution is -2.37. The molecule has 2 fully saturated rings. The van der Waals surface area contributed by atoms with E-state index in [1.807, 2.05) is 19.1 Å². The van der Waals surface area contributed by atoms with Gasteiger partial charge in [0.2, 0.25) is 0 Å². The van der Waals surface area contributed by atoms with Crippen molar-refractivity contribution in [3.63, 3.8) is 0 Å². The van der Waals surface area contributed by atoms with E-state index in [1.54, 1.807) is 13.1 Å². The number of hydrogen-bond donors (Lipinski definition) is 2. The first-order valence-corrected chi connectivity index (χ1v) is 10.2. The summed E-state index contributed by atoms with van der Waals surface area (Å²) in [6.45, 7) is 5.17. The van der Waals surface area contributed by atoms with Crippen LogP contribution in [0.15, 0.2) is 24.4 Å². The van der Waals surface area contributed by atoms with Crippen molar-refractivity contribution in [1.29, 1.82) is 5.26 Å². The summed E-state index contributed by atoms with van der Waals surface area (Å²) in [4.78, 5) is 6.92. The van der Waals surface area contributed by atoms with E-state index in [-0.39, 0.29) is 11.7 Å². The van der Waals surface area contributed by atoms with E-state index in [0.29, 0.717) is 29.6 Å². The Labute approximate surface area is 178 Å². The molecule has 2 aromatic heterocycles. The Bertz CT molecular complexity index is 1220. The molecule has 3 N–H and O–H groups in total. The second kappa shape index (κ2) is 7.41. The monoisotopic (exact) mass is 419 g/mol. The SMILES string of the molecule is Cc1c(C#N)cc(F)cc1[C@@H](N)Nc1nnc(C)c2cnc(N3C[C@H]4C[C@@H]3CO4)cc12. The lowest BCUT2D eigenvalue weighted by atomic mass is 10.0. The Morgan fingerprint density at radius 3 is 2.84 bits per heavy atom. The van der Waals surface area contributed by atoms with E-state index in [1.165, 1.54) is 12.1 Å². The molecule has 0 radical (unpaired) electrons. The number of nitrogens with zero attached hydrogens (tertiary/aromatic N) is 5. The average Bonchev–Trinajstić information content (AvgIpc) is 3.40. The average molecular weight is 419 g/mol. The van der Waals surface area contributed by atoms with E-state index in [4.69, 9.17) is 10.5 Å². The number of aromatic nitrogens is 3. The Balaban J connectivity index is 1.53. The fourth-order valence-corrected chi connectivity index (χ4v) is 4.47. The largest absolute Gasteiger partial charge is 0.374 e. The summed E-state index contributed by atoms with van der Waals surface area (Å²) >= 11 is 0. The van der Waals surface area contributed by atoms with Crippen molar-refractivity contribution >= 4 is 22.4 Å². The van der Waals surface area contributed by atoms with Crippen LogP contribution in [0.5, 0.6) is 0 Å². The zero-order chi connectivity index (χ0) is 21.7. The van der Waals surface area contributed by atoms with Crippen molar-refractivity contribution in [2.75, 3.05) is 23.4 Å². The number of fused-ring (bicyclic) bond motifs is 3. The number of rotatable bonds is 4. The minimum Gasteiger partial charge on any atom is -0.374 e. The quantitative estimate of drug-likeness (QED) is 0.621. The summed E-state index contributed by atoms with van der Waals surface area (Å²) in [5.74, 6) is 0.840. The van der Waals surface area contributed by atoms with Gasteiger partial charge in [-0.25, -0.2) is 9.37 Å². The van der Waals surface area contributed by atoms with Gasteiger partial charge in [-0.05, 0) is 49.6 Å². The molecule has 2 aliphatic rings. The van der Waals surface area contributed by atoms with Crippen LogP contribution >= 0.6 is 0 Å². The fourth-order valence-electron chi connectivity index (χ4n) is 4.47. The minimum atomic E-state index is -0.768. The summed E-state index contributed by atoms with van der Waals surface area (Å²) in [6, 6.07) is 6.88. The fraction of sp³-hybridized carbons (Fsp3) is 0.364. The zero-order valence-corrected chi connectivity index (χ0v) is 17.3. The van der Waals surface area contributed by atoms with Crippen LogP contribution < -0.4 is 16.0 Å². The van der Waals surface area contributed by atoms with Crippen LogP contribution in [-0.4, -0.2) is 40.5 Å². The van der Waals surface area contributed by atoms with E-state index >= 15 is 0 Å². The van der Waals surface area contributed by atoms with Crippen molar-refractivity contribution < 1.29 is 9.13 Å². The molecule has 9 heteroatoms.